The van der Waals surface area contributed by atoms with Gasteiger partial charge in [-0.2, -0.15) is 0 Å². The molecule has 0 aliphatic carbocycles. The summed E-state index contributed by atoms with van der Waals surface area (Å²) >= 11 is 0. The molecule has 0 aromatic rings. The highest BCUT2D eigenvalue weighted by Gasteiger charge is 2.35. The standard InChI is InChI=1S/C10H21NO5S/c1-5-10(3,6-7-12)11-17(14,15)8(2)9(13)16-4/h8,11-12H,5-7H2,1-4H3. The number of aliphatic hydroxyl groups is 1. The number of rotatable bonds is 7. The molecule has 17 heavy (non-hydrogen) atoms. The molecular weight excluding hydrogens is 246 g/mol. The van der Waals surface area contributed by atoms with Crippen LogP contribution in [0.3, 0.4) is 0 Å². The van der Waals surface area contributed by atoms with Crippen molar-refractivity contribution in [1.82, 2.24) is 4.72 Å². The van der Waals surface area contributed by atoms with Crippen LogP contribution < -0.4 is 4.72 Å². The summed E-state index contributed by atoms with van der Waals surface area (Å²) in [5.41, 5.74) is -0.754. The van der Waals surface area contributed by atoms with Gasteiger partial charge in [-0.05, 0) is 26.7 Å². The summed E-state index contributed by atoms with van der Waals surface area (Å²) in [4.78, 5) is 11.2. The summed E-state index contributed by atoms with van der Waals surface area (Å²) in [6.07, 6.45) is 0.803. The van der Waals surface area contributed by atoms with Crippen LogP contribution in [0.15, 0.2) is 0 Å². The summed E-state index contributed by atoms with van der Waals surface area (Å²) in [5.74, 6) is -0.806. The van der Waals surface area contributed by atoms with Crippen molar-refractivity contribution in [3.05, 3.63) is 0 Å². The zero-order chi connectivity index (χ0) is 13.7. The fourth-order valence-corrected chi connectivity index (χ4v) is 2.73. The maximum absolute atomic E-state index is 11.9. The third-order valence-electron chi connectivity index (χ3n) is 2.83. The summed E-state index contributed by atoms with van der Waals surface area (Å²) in [5, 5.41) is 7.63. The van der Waals surface area contributed by atoms with Crippen molar-refractivity contribution in [3.8, 4) is 0 Å². The maximum atomic E-state index is 11.9. The van der Waals surface area contributed by atoms with Gasteiger partial charge < -0.3 is 9.84 Å². The average Bonchev–Trinajstić information content (AvgIpc) is 2.26. The Bertz CT molecular complexity index is 354. The van der Waals surface area contributed by atoms with Gasteiger partial charge in [0, 0.05) is 12.1 Å². The van der Waals surface area contributed by atoms with Gasteiger partial charge in [0.25, 0.3) is 0 Å². The van der Waals surface area contributed by atoms with Gasteiger partial charge in [-0.25, -0.2) is 13.1 Å². The van der Waals surface area contributed by atoms with Crippen molar-refractivity contribution >= 4 is 16.0 Å². The second-order valence-electron chi connectivity index (χ2n) is 4.20. The zero-order valence-electron chi connectivity index (χ0n) is 10.7. The van der Waals surface area contributed by atoms with Gasteiger partial charge in [-0.1, -0.05) is 6.92 Å². The zero-order valence-corrected chi connectivity index (χ0v) is 11.5. The van der Waals surface area contributed by atoms with Gasteiger partial charge in [0.2, 0.25) is 10.0 Å². The van der Waals surface area contributed by atoms with Crippen LogP contribution in [0.2, 0.25) is 0 Å². The number of aliphatic hydroxyl groups excluding tert-OH is 1. The predicted molar refractivity (Wildman–Crippen MR) is 63.9 cm³/mol. The number of sulfonamides is 1. The van der Waals surface area contributed by atoms with Gasteiger partial charge in [-0.15, -0.1) is 0 Å². The number of nitrogens with one attached hydrogen (secondary N) is 1. The van der Waals surface area contributed by atoms with E-state index in [1.54, 1.807) is 13.8 Å². The Balaban J connectivity index is 4.91. The molecule has 0 amide bonds. The molecule has 2 unspecified atom stereocenters. The molecule has 2 atom stereocenters. The van der Waals surface area contributed by atoms with Crippen LogP contribution in [0.4, 0.5) is 0 Å². The number of hydrogen-bond donors (Lipinski definition) is 2. The Kier molecular flexibility index (Phi) is 6.08. The van der Waals surface area contributed by atoms with E-state index in [1.165, 1.54) is 6.92 Å². The minimum absolute atomic E-state index is 0.126. The molecule has 102 valence electrons. The molecule has 2 N–H and O–H groups in total. The number of carbonyl (C=O) groups is 1. The summed E-state index contributed by atoms with van der Waals surface area (Å²) in [7, 11) is -2.66. The van der Waals surface area contributed by atoms with Crippen molar-refractivity contribution in [2.45, 2.75) is 44.4 Å². The van der Waals surface area contributed by atoms with Crippen LogP contribution in [0, 0.1) is 0 Å². The summed E-state index contributed by atoms with van der Waals surface area (Å²) in [6.45, 7) is 4.63. The summed E-state index contributed by atoms with van der Waals surface area (Å²) < 4.78 is 30.6. The van der Waals surface area contributed by atoms with Crippen molar-refractivity contribution in [1.29, 1.82) is 0 Å². The monoisotopic (exact) mass is 267 g/mol. The van der Waals surface area contributed by atoms with Crippen LogP contribution in [-0.2, 0) is 19.6 Å². The van der Waals surface area contributed by atoms with E-state index in [2.05, 4.69) is 9.46 Å². The van der Waals surface area contributed by atoms with Crippen LogP contribution >= 0.6 is 0 Å². The molecule has 7 heteroatoms. The van der Waals surface area contributed by atoms with Gasteiger partial charge in [0.1, 0.15) is 0 Å². The van der Waals surface area contributed by atoms with E-state index in [0.717, 1.165) is 7.11 Å². The average molecular weight is 267 g/mol. The molecule has 0 spiro atoms. The smallest absolute Gasteiger partial charge is 0.325 e. The highest BCUT2D eigenvalue weighted by atomic mass is 32.2. The molecule has 0 saturated heterocycles. The number of carbonyl (C=O) groups excluding carboxylic acids is 1. The van der Waals surface area contributed by atoms with Crippen molar-refractivity contribution in [2.24, 2.45) is 0 Å². The molecule has 0 aliphatic heterocycles. The maximum Gasteiger partial charge on any atom is 0.325 e. The molecular formula is C10H21NO5S. The largest absolute Gasteiger partial charge is 0.468 e. The van der Waals surface area contributed by atoms with Crippen LogP contribution in [0.1, 0.15) is 33.6 Å². The van der Waals surface area contributed by atoms with Gasteiger partial charge in [0.05, 0.1) is 7.11 Å². The minimum Gasteiger partial charge on any atom is -0.468 e. The topological polar surface area (TPSA) is 92.7 Å². The lowest BCUT2D eigenvalue weighted by Gasteiger charge is -2.29. The van der Waals surface area contributed by atoms with E-state index in [1.807, 2.05) is 0 Å². The van der Waals surface area contributed by atoms with Crippen LogP contribution in [-0.4, -0.2) is 44.0 Å². The van der Waals surface area contributed by atoms with E-state index in [0.29, 0.717) is 6.42 Å². The minimum atomic E-state index is -3.80. The second-order valence-corrected chi connectivity index (χ2v) is 6.20. The van der Waals surface area contributed by atoms with E-state index in [9.17, 15) is 13.2 Å². The van der Waals surface area contributed by atoms with Gasteiger partial charge in [0.15, 0.2) is 5.25 Å². The molecule has 0 heterocycles. The van der Waals surface area contributed by atoms with Crippen molar-refractivity contribution in [3.63, 3.8) is 0 Å². The molecule has 0 rings (SSSR count). The summed E-state index contributed by atoms with van der Waals surface area (Å²) in [6, 6.07) is 0. The first-order valence-electron chi connectivity index (χ1n) is 5.44. The first-order valence-corrected chi connectivity index (χ1v) is 6.98. The van der Waals surface area contributed by atoms with Gasteiger partial charge in [-0.3, -0.25) is 4.79 Å². The van der Waals surface area contributed by atoms with E-state index in [-0.39, 0.29) is 13.0 Å². The molecule has 0 radical (unpaired) electrons. The quantitative estimate of drug-likeness (QED) is 0.634. The first-order chi connectivity index (χ1) is 7.72. The number of hydrogen-bond acceptors (Lipinski definition) is 5. The number of esters is 1. The third kappa shape index (κ3) is 4.61. The Hall–Kier alpha value is -0.660. The SMILES string of the molecule is CCC(C)(CCO)NS(=O)(=O)C(C)C(=O)OC. The fraction of sp³-hybridized carbons (Fsp3) is 0.900. The molecule has 0 saturated carbocycles. The number of methoxy groups -OCH3 is 1. The molecule has 6 nitrogen and oxygen atoms in total. The highest BCUT2D eigenvalue weighted by Crippen LogP contribution is 2.17. The Morgan fingerprint density at radius 2 is 2.06 bits per heavy atom. The van der Waals surface area contributed by atoms with Crippen LogP contribution in [0.5, 0.6) is 0 Å². The molecule has 0 bridgehead atoms. The number of ether oxygens (including phenoxy) is 1. The van der Waals surface area contributed by atoms with Crippen molar-refractivity contribution < 1.29 is 23.1 Å². The molecule has 0 aliphatic rings. The van der Waals surface area contributed by atoms with E-state index >= 15 is 0 Å². The predicted octanol–water partition coefficient (Wildman–Crippen LogP) is 0.0184. The van der Waals surface area contributed by atoms with Crippen molar-refractivity contribution in [2.75, 3.05) is 13.7 Å². The second kappa shape index (κ2) is 6.32. The molecule has 0 aromatic heterocycles. The third-order valence-corrected chi connectivity index (χ3v) is 4.73. The van der Waals surface area contributed by atoms with Crippen LogP contribution in [0.25, 0.3) is 0 Å². The lowest BCUT2D eigenvalue weighted by molar-refractivity contribution is -0.139. The normalized spacial score (nSPS) is 17.2. The lowest BCUT2D eigenvalue weighted by Crippen LogP contribution is -2.50. The Labute approximate surface area is 102 Å². The highest BCUT2D eigenvalue weighted by molar-refractivity contribution is 7.90. The molecule has 0 fully saturated rings. The lowest BCUT2D eigenvalue weighted by atomic mass is 9.97. The van der Waals surface area contributed by atoms with E-state index < -0.39 is 26.8 Å². The Morgan fingerprint density at radius 3 is 2.41 bits per heavy atom. The molecule has 0 aromatic carbocycles. The van der Waals surface area contributed by atoms with Gasteiger partial charge >= 0.3 is 5.97 Å². The van der Waals surface area contributed by atoms with E-state index in [4.69, 9.17) is 5.11 Å². The Morgan fingerprint density at radius 1 is 1.53 bits per heavy atom. The first kappa shape index (κ1) is 16.3. The fourth-order valence-electron chi connectivity index (χ4n) is 1.27.